The number of nitrogens with zero attached hydrogens (tertiary/aromatic N) is 2. The first-order valence-electron chi connectivity index (χ1n) is 6.20. The smallest absolute Gasteiger partial charge is 0.315 e. The van der Waals surface area contributed by atoms with Crippen molar-refractivity contribution < 1.29 is 14.1 Å². The monoisotopic (exact) mass is 260 g/mol. The van der Waals surface area contributed by atoms with Crippen LogP contribution in [0.2, 0.25) is 0 Å². The number of ether oxygens (including phenoxy) is 1. The lowest BCUT2D eigenvalue weighted by atomic mass is 10.1. The van der Waals surface area contributed by atoms with Crippen molar-refractivity contribution in [1.29, 1.82) is 0 Å². The lowest BCUT2D eigenvalue weighted by Gasteiger charge is -2.00. The molecule has 100 valence electrons. The maximum Gasteiger partial charge on any atom is 0.315 e. The van der Waals surface area contributed by atoms with Crippen LogP contribution in [0.3, 0.4) is 0 Å². The molecule has 0 fully saturated rings. The molecule has 5 heteroatoms. The average Bonchev–Trinajstić information content (AvgIpc) is 2.80. The summed E-state index contributed by atoms with van der Waals surface area (Å²) in [5.74, 6) is 0.518. The number of esters is 1. The highest BCUT2D eigenvalue weighted by Crippen LogP contribution is 2.11. The summed E-state index contributed by atoms with van der Waals surface area (Å²) in [4.78, 5) is 15.5. The maximum atomic E-state index is 11.3. The number of aromatic nitrogens is 2. The van der Waals surface area contributed by atoms with Crippen LogP contribution >= 0.6 is 0 Å². The largest absolute Gasteiger partial charge is 0.466 e. The van der Waals surface area contributed by atoms with Crippen molar-refractivity contribution in [3.63, 3.8) is 0 Å². The topological polar surface area (TPSA) is 65.2 Å². The van der Waals surface area contributed by atoms with Gasteiger partial charge >= 0.3 is 5.97 Å². The fraction of sp³-hybridized carbons (Fsp3) is 0.357. The highest BCUT2D eigenvalue weighted by atomic mass is 16.5. The second-order valence-electron chi connectivity index (χ2n) is 4.19. The van der Waals surface area contributed by atoms with E-state index < -0.39 is 0 Å². The number of aryl methyl sites for hydroxylation is 1. The van der Waals surface area contributed by atoms with E-state index >= 15 is 0 Å². The Hall–Kier alpha value is -2.17. The van der Waals surface area contributed by atoms with Gasteiger partial charge in [-0.2, -0.15) is 4.98 Å². The van der Waals surface area contributed by atoms with Crippen molar-refractivity contribution in [2.24, 2.45) is 0 Å². The molecule has 0 spiro atoms. The third-order valence-corrected chi connectivity index (χ3v) is 2.72. The molecule has 0 bridgehead atoms. The van der Waals surface area contributed by atoms with Crippen molar-refractivity contribution in [3.05, 3.63) is 47.1 Å². The second-order valence-corrected chi connectivity index (χ2v) is 4.19. The molecule has 0 aliphatic heterocycles. The number of carbonyl (C=O) groups is 1. The van der Waals surface area contributed by atoms with E-state index in [1.165, 1.54) is 5.56 Å². The van der Waals surface area contributed by atoms with Gasteiger partial charge < -0.3 is 9.26 Å². The lowest BCUT2D eigenvalue weighted by Crippen LogP contribution is -2.07. The first-order valence-corrected chi connectivity index (χ1v) is 6.20. The number of hydrogen-bond donors (Lipinski definition) is 0. The molecule has 5 nitrogen and oxygen atoms in total. The van der Waals surface area contributed by atoms with Gasteiger partial charge in [0.25, 0.3) is 0 Å². The number of carbonyl (C=O) groups excluding carboxylic acids is 1. The van der Waals surface area contributed by atoms with Crippen molar-refractivity contribution in [2.75, 3.05) is 6.61 Å². The molecule has 1 aromatic heterocycles. The zero-order chi connectivity index (χ0) is 13.7. The van der Waals surface area contributed by atoms with Crippen LogP contribution in [0.5, 0.6) is 0 Å². The Balaban J connectivity index is 2.02. The molecular formula is C14H16N2O3. The minimum atomic E-state index is -0.353. The number of rotatable bonds is 5. The third-order valence-electron chi connectivity index (χ3n) is 2.72. The van der Waals surface area contributed by atoms with E-state index in [-0.39, 0.29) is 12.4 Å². The van der Waals surface area contributed by atoms with Crippen molar-refractivity contribution in [3.8, 4) is 0 Å². The van der Waals surface area contributed by atoms with Gasteiger partial charge in [-0.25, -0.2) is 0 Å². The van der Waals surface area contributed by atoms with Gasteiger partial charge in [0.2, 0.25) is 5.89 Å². The summed E-state index contributed by atoms with van der Waals surface area (Å²) in [6.07, 6.45) is 0.619. The van der Waals surface area contributed by atoms with Crippen LogP contribution in [-0.4, -0.2) is 22.7 Å². The summed E-state index contributed by atoms with van der Waals surface area (Å²) in [6.45, 7) is 4.15. The summed E-state index contributed by atoms with van der Waals surface area (Å²) in [5.41, 5.74) is 2.32. The van der Waals surface area contributed by atoms with Crippen LogP contribution in [0.1, 0.15) is 29.8 Å². The molecular weight excluding hydrogens is 244 g/mol. The Bertz CT molecular complexity index is 563. The molecule has 0 amide bonds. The fourth-order valence-electron chi connectivity index (χ4n) is 1.75. The average molecular weight is 260 g/mol. The Morgan fingerprint density at radius 2 is 2.16 bits per heavy atom. The molecule has 0 aliphatic rings. The third kappa shape index (κ3) is 3.64. The first kappa shape index (κ1) is 13.3. The van der Waals surface area contributed by atoms with Crippen molar-refractivity contribution in [2.45, 2.75) is 26.7 Å². The van der Waals surface area contributed by atoms with E-state index in [2.05, 4.69) is 10.1 Å². The minimum Gasteiger partial charge on any atom is -0.466 e. The van der Waals surface area contributed by atoms with Gasteiger partial charge in [-0.15, -0.1) is 0 Å². The molecule has 0 unspecified atom stereocenters. The van der Waals surface area contributed by atoms with Crippen LogP contribution in [-0.2, 0) is 22.4 Å². The van der Waals surface area contributed by atoms with E-state index in [1.807, 2.05) is 31.2 Å². The summed E-state index contributed by atoms with van der Waals surface area (Å²) in [5, 5.41) is 3.87. The van der Waals surface area contributed by atoms with Gasteiger partial charge in [-0.1, -0.05) is 29.4 Å². The molecule has 0 N–H and O–H groups in total. The van der Waals surface area contributed by atoms with Gasteiger partial charge in [0, 0.05) is 6.42 Å². The Morgan fingerprint density at radius 3 is 2.89 bits per heavy atom. The molecule has 1 heterocycles. The maximum absolute atomic E-state index is 11.3. The van der Waals surface area contributed by atoms with Crippen LogP contribution < -0.4 is 0 Å². The standard InChI is InChI=1S/C14H16N2O3/c1-3-18-14(17)9-13-15-12(16-19-13)8-11-7-5-4-6-10(11)2/h4-7H,3,8-9H2,1-2H3. The van der Waals surface area contributed by atoms with Gasteiger partial charge in [0.15, 0.2) is 5.82 Å². The SMILES string of the molecule is CCOC(=O)Cc1nc(Cc2ccccc2C)no1. The van der Waals surface area contributed by atoms with Crippen LogP contribution in [0.25, 0.3) is 0 Å². The molecule has 0 aliphatic carbocycles. The minimum absolute atomic E-state index is 0.0224. The molecule has 0 radical (unpaired) electrons. The van der Waals surface area contributed by atoms with Crippen molar-refractivity contribution >= 4 is 5.97 Å². The Kier molecular flexibility index (Phi) is 4.28. The quantitative estimate of drug-likeness (QED) is 0.770. The van der Waals surface area contributed by atoms with Gasteiger partial charge in [-0.3, -0.25) is 4.79 Å². The summed E-state index contributed by atoms with van der Waals surface area (Å²) >= 11 is 0. The van der Waals surface area contributed by atoms with E-state index in [9.17, 15) is 4.79 Å². The van der Waals surface area contributed by atoms with Gasteiger partial charge in [0.05, 0.1) is 6.61 Å². The zero-order valence-electron chi connectivity index (χ0n) is 11.0. The molecule has 19 heavy (non-hydrogen) atoms. The molecule has 2 rings (SSSR count). The summed E-state index contributed by atoms with van der Waals surface area (Å²) in [7, 11) is 0. The summed E-state index contributed by atoms with van der Waals surface area (Å²) in [6, 6.07) is 8.02. The molecule has 0 saturated carbocycles. The predicted molar refractivity (Wildman–Crippen MR) is 68.6 cm³/mol. The van der Waals surface area contributed by atoms with Crippen LogP contribution in [0, 0.1) is 6.92 Å². The van der Waals surface area contributed by atoms with Gasteiger partial charge in [-0.05, 0) is 25.0 Å². The molecule has 2 aromatic rings. The zero-order valence-corrected chi connectivity index (χ0v) is 11.0. The predicted octanol–water partition coefficient (Wildman–Crippen LogP) is 2.07. The highest BCUT2D eigenvalue weighted by Gasteiger charge is 2.12. The van der Waals surface area contributed by atoms with E-state index in [4.69, 9.17) is 9.26 Å². The lowest BCUT2D eigenvalue weighted by molar-refractivity contribution is -0.142. The molecule has 0 saturated heterocycles. The normalized spacial score (nSPS) is 10.4. The Morgan fingerprint density at radius 1 is 1.37 bits per heavy atom. The Labute approximate surface area is 111 Å². The number of hydrogen-bond acceptors (Lipinski definition) is 5. The van der Waals surface area contributed by atoms with Crippen LogP contribution in [0.4, 0.5) is 0 Å². The molecule has 0 atom stereocenters. The number of benzene rings is 1. The van der Waals surface area contributed by atoms with Crippen LogP contribution in [0.15, 0.2) is 28.8 Å². The second kappa shape index (κ2) is 6.13. The first-order chi connectivity index (χ1) is 9.19. The van der Waals surface area contributed by atoms with E-state index in [0.29, 0.717) is 24.7 Å². The van der Waals surface area contributed by atoms with E-state index in [0.717, 1.165) is 5.56 Å². The van der Waals surface area contributed by atoms with Gasteiger partial charge in [0.1, 0.15) is 6.42 Å². The fourth-order valence-corrected chi connectivity index (χ4v) is 1.75. The highest BCUT2D eigenvalue weighted by molar-refractivity contribution is 5.71. The van der Waals surface area contributed by atoms with E-state index in [1.54, 1.807) is 6.92 Å². The molecule has 1 aromatic carbocycles. The van der Waals surface area contributed by atoms with Crippen molar-refractivity contribution in [1.82, 2.24) is 10.1 Å². The summed E-state index contributed by atoms with van der Waals surface area (Å²) < 4.78 is 9.86.